The number of hydrogen-bond acceptors (Lipinski definition) is 3. The van der Waals surface area contributed by atoms with Crippen LogP contribution in [-0.4, -0.2) is 6.54 Å². The Bertz CT molecular complexity index is 487. The Hall–Kier alpha value is 0.130. The van der Waals surface area contributed by atoms with Crippen molar-refractivity contribution in [1.82, 2.24) is 5.32 Å². The van der Waals surface area contributed by atoms with Crippen LogP contribution in [0.25, 0.3) is 0 Å². The Labute approximate surface area is 123 Å². The third-order valence-corrected chi connectivity index (χ3v) is 6.14. The molecule has 92 valence electrons. The van der Waals surface area contributed by atoms with Crippen molar-refractivity contribution in [2.75, 3.05) is 6.54 Å². The van der Waals surface area contributed by atoms with E-state index in [1.807, 2.05) is 0 Å². The summed E-state index contributed by atoms with van der Waals surface area (Å²) >= 11 is 13.0. The number of hydrogen-bond donors (Lipinski definition) is 1. The molecule has 0 aromatic carbocycles. The summed E-state index contributed by atoms with van der Waals surface area (Å²) in [5, 5.41) is 5.66. The first-order valence-corrected chi connectivity index (χ1v) is 8.22. The van der Waals surface area contributed by atoms with Crippen LogP contribution >= 0.6 is 50.2 Å². The van der Waals surface area contributed by atoms with E-state index in [4.69, 9.17) is 11.6 Å². The lowest BCUT2D eigenvalue weighted by molar-refractivity contribution is 0.646. The molecule has 2 heterocycles. The molecule has 2 aromatic rings. The lowest BCUT2D eigenvalue weighted by Crippen LogP contribution is -2.20. The van der Waals surface area contributed by atoms with Crippen molar-refractivity contribution in [3.8, 4) is 0 Å². The van der Waals surface area contributed by atoms with Gasteiger partial charge in [0.05, 0.1) is 6.04 Å². The van der Waals surface area contributed by atoms with Crippen LogP contribution in [0.3, 0.4) is 0 Å². The van der Waals surface area contributed by atoms with Gasteiger partial charge in [-0.15, -0.1) is 22.7 Å². The van der Waals surface area contributed by atoms with Gasteiger partial charge in [0.25, 0.3) is 0 Å². The van der Waals surface area contributed by atoms with E-state index in [1.165, 1.54) is 15.3 Å². The molecule has 0 aliphatic heterocycles. The molecule has 2 aromatic heterocycles. The van der Waals surface area contributed by atoms with Crippen LogP contribution in [-0.2, 0) is 0 Å². The van der Waals surface area contributed by atoms with Gasteiger partial charge in [-0.25, -0.2) is 0 Å². The summed E-state index contributed by atoms with van der Waals surface area (Å²) in [4.78, 5) is 2.63. The monoisotopic (exact) mass is 349 g/mol. The maximum atomic E-state index is 6.12. The second-order valence-corrected chi connectivity index (χ2v) is 7.22. The molecule has 0 saturated carbocycles. The normalized spacial score (nSPS) is 12.9. The highest BCUT2D eigenvalue weighted by Gasteiger charge is 2.19. The second kappa shape index (κ2) is 5.85. The zero-order chi connectivity index (χ0) is 12.4. The maximum absolute atomic E-state index is 6.12. The summed E-state index contributed by atoms with van der Waals surface area (Å²) in [5.74, 6) is 0. The van der Waals surface area contributed by atoms with E-state index in [0.717, 1.165) is 15.4 Å². The molecule has 1 unspecified atom stereocenters. The van der Waals surface area contributed by atoms with E-state index in [-0.39, 0.29) is 6.04 Å². The Balaban J connectivity index is 2.39. The maximum Gasteiger partial charge on any atom is 0.107 e. The van der Waals surface area contributed by atoms with Gasteiger partial charge in [0.15, 0.2) is 0 Å². The van der Waals surface area contributed by atoms with Crippen LogP contribution in [0, 0.1) is 6.92 Å². The molecule has 0 saturated heterocycles. The van der Waals surface area contributed by atoms with Crippen LogP contribution < -0.4 is 5.32 Å². The van der Waals surface area contributed by atoms with Crippen LogP contribution in [0.2, 0.25) is 4.34 Å². The largest absolute Gasteiger partial charge is 0.305 e. The van der Waals surface area contributed by atoms with Crippen molar-refractivity contribution in [3.05, 3.63) is 41.6 Å². The van der Waals surface area contributed by atoms with Crippen LogP contribution in [0.4, 0.5) is 0 Å². The lowest BCUT2D eigenvalue weighted by atomic mass is 10.1. The number of halogens is 2. The van der Waals surface area contributed by atoms with Crippen LogP contribution in [0.5, 0.6) is 0 Å². The van der Waals surface area contributed by atoms with Gasteiger partial charge in [-0.2, -0.15) is 0 Å². The highest BCUT2D eigenvalue weighted by molar-refractivity contribution is 9.10. The topological polar surface area (TPSA) is 12.0 Å². The average molecular weight is 351 g/mol. The number of rotatable bonds is 4. The minimum Gasteiger partial charge on any atom is -0.305 e. The SMILES string of the molecule is CCNC(c1cc(Br)c(Cl)s1)c1sccc1C. The molecule has 0 fully saturated rings. The van der Waals surface area contributed by atoms with E-state index in [0.29, 0.717) is 0 Å². The fraction of sp³-hybridized carbons (Fsp3) is 0.333. The van der Waals surface area contributed by atoms with Crippen molar-refractivity contribution in [3.63, 3.8) is 0 Å². The molecular formula is C12H13BrClNS2. The summed E-state index contributed by atoms with van der Waals surface area (Å²) in [7, 11) is 0. The summed E-state index contributed by atoms with van der Waals surface area (Å²) in [6, 6.07) is 4.53. The van der Waals surface area contributed by atoms with Crippen molar-refractivity contribution < 1.29 is 0 Å². The predicted molar refractivity (Wildman–Crippen MR) is 81.6 cm³/mol. The molecule has 2 rings (SSSR count). The first-order chi connectivity index (χ1) is 8.13. The van der Waals surface area contributed by atoms with Crippen LogP contribution in [0.15, 0.2) is 22.0 Å². The fourth-order valence-corrected chi connectivity index (χ4v) is 4.63. The van der Waals surface area contributed by atoms with Crippen molar-refractivity contribution >= 4 is 50.2 Å². The smallest absolute Gasteiger partial charge is 0.107 e. The lowest BCUT2D eigenvalue weighted by Gasteiger charge is -2.15. The molecule has 0 bridgehead atoms. The molecule has 5 heteroatoms. The minimum atomic E-state index is 0.258. The van der Waals surface area contributed by atoms with Gasteiger partial charge in [0, 0.05) is 14.2 Å². The van der Waals surface area contributed by atoms with Gasteiger partial charge in [0.1, 0.15) is 4.34 Å². The summed E-state index contributed by atoms with van der Waals surface area (Å²) in [5.41, 5.74) is 1.33. The number of nitrogens with one attached hydrogen (secondary N) is 1. The quantitative estimate of drug-likeness (QED) is 0.796. The molecule has 0 radical (unpaired) electrons. The number of aryl methyl sites for hydroxylation is 1. The zero-order valence-electron chi connectivity index (χ0n) is 9.59. The predicted octanol–water partition coefficient (Wildman–Crippen LogP) is 5.23. The van der Waals surface area contributed by atoms with Gasteiger partial charge in [-0.1, -0.05) is 18.5 Å². The second-order valence-electron chi connectivity index (χ2n) is 3.73. The highest BCUT2D eigenvalue weighted by Crippen LogP contribution is 2.39. The number of thiophene rings is 2. The first kappa shape index (κ1) is 13.6. The molecule has 0 spiro atoms. The van der Waals surface area contributed by atoms with E-state index in [9.17, 15) is 0 Å². The Kier molecular flexibility index (Phi) is 4.66. The summed E-state index contributed by atoms with van der Waals surface area (Å²) < 4.78 is 1.80. The summed E-state index contributed by atoms with van der Waals surface area (Å²) in [6.07, 6.45) is 0. The van der Waals surface area contributed by atoms with E-state index in [1.54, 1.807) is 22.7 Å². The van der Waals surface area contributed by atoms with Crippen molar-refractivity contribution in [1.29, 1.82) is 0 Å². The Morgan fingerprint density at radius 1 is 1.53 bits per heavy atom. The molecule has 1 N–H and O–H groups in total. The van der Waals surface area contributed by atoms with E-state index >= 15 is 0 Å². The molecule has 0 aliphatic carbocycles. The highest BCUT2D eigenvalue weighted by atomic mass is 79.9. The first-order valence-electron chi connectivity index (χ1n) is 5.35. The van der Waals surface area contributed by atoms with E-state index in [2.05, 4.69) is 52.6 Å². The third kappa shape index (κ3) is 2.93. The van der Waals surface area contributed by atoms with Gasteiger partial charge >= 0.3 is 0 Å². The molecule has 0 amide bonds. The fourth-order valence-electron chi connectivity index (χ4n) is 1.71. The molecule has 1 atom stereocenters. The molecule has 0 aliphatic rings. The van der Waals surface area contributed by atoms with Gasteiger partial charge in [0.2, 0.25) is 0 Å². The zero-order valence-corrected chi connectivity index (χ0v) is 13.6. The Morgan fingerprint density at radius 2 is 2.29 bits per heavy atom. The van der Waals surface area contributed by atoms with Gasteiger partial charge in [-0.05, 0) is 52.5 Å². The van der Waals surface area contributed by atoms with Crippen molar-refractivity contribution in [2.45, 2.75) is 19.9 Å². The average Bonchev–Trinajstić information content (AvgIpc) is 2.83. The van der Waals surface area contributed by atoms with Crippen LogP contribution in [0.1, 0.15) is 28.3 Å². The molecule has 1 nitrogen and oxygen atoms in total. The standard InChI is InChI=1S/C12H13BrClNS2/c1-3-15-10(11-7(2)4-5-16-11)9-6-8(13)12(14)17-9/h4-6,10,15H,3H2,1-2H3. The molecular weight excluding hydrogens is 338 g/mol. The van der Waals surface area contributed by atoms with E-state index < -0.39 is 0 Å². The Morgan fingerprint density at radius 3 is 2.76 bits per heavy atom. The van der Waals surface area contributed by atoms with Gasteiger partial charge < -0.3 is 5.32 Å². The van der Waals surface area contributed by atoms with Crippen molar-refractivity contribution in [2.24, 2.45) is 0 Å². The third-order valence-electron chi connectivity index (χ3n) is 2.52. The minimum absolute atomic E-state index is 0.258. The molecule has 17 heavy (non-hydrogen) atoms. The summed E-state index contributed by atoms with van der Waals surface area (Å²) in [6.45, 7) is 5.22. The van der Waals surface area contributed by atoms with Gasteiger partial charge in [-0.3, -0.25) is 0 Å².